The van der Waals surface area contributed by atoms with E-state index in [9.17, 15) is 4.79 Å². The van der Waals surface area contributed by atoms with E-state index in [0.29, 0.717) is 12.4 Å². The third-order valence-corrected chi connectivity index (χ3v) is 4.06. The van der Waals surface area contributed by atoms with Crippen LogP contribution in [0.15, 0.2) is 18.3 Å². The summed E-state index contributed by atoms with van der Waals surface area (Å²) in [5, 5.41) is 0. The zero-order valence-corrected chi connectivity index (χ0v) is 13.8. The van der Waals surface area contributed by atoms with Crippen LogP contribution < -0.4 is 4.74 Å². The van der Waals surface area contributed by atoms with Gasteiger partial charge in [-0.15, -0.1) is 0 Å². The number of carbonyl (C=O) groups excluding carboxylic acids is 1. The first kappa shape index (κ1) is 15.5. The van der Waals surface area contributed by atoms with Crippen LogP contribution in [-0.4, -0.2) is 22.5 Å². The first-order valence-electron chi connectivity index (χ1n) is 7.77. The lowest BCUT2D eigenvalue weighted by Gasteiger charge is -2.28. The molecule has 1 aliphatic heterocycles. The third-order valence-electron chi connectivity index (χ3n) is 4.06. The number of carbonyl (C=O) groups is 1. The Morgan fingerprint density at radius 2 is 2.00 bits per heavy atom. The van der Waals surface area contributed by atoms with E-state index < -0.39 is 6.10 Å². The van der Waals surface area contributed by atoms with Gasteiger partial charge in [0.25, 0.3) is 0 Å². The highest BCUT2D eigenvalue weighted by atomic mass is 16.5. The molecule has 5 heteroatoms. The topological polar surface area (TPSA) is 61.3 Å². The van der Waals surface area contributed by atoms with Gasteiger partial charge in [-0.1, -0.05) is 0 Å². The number of ether oxygens (including phenoxy) is 2. The summed E-state index contributed by atoms with van der Waals surface area (Å²) in [6.45, 7) is 8.12. The Morgan fingerprint density at radius 1 is 1.26 bits per heavy atom. The Hall–Kier alpha value is -2.43. The van der Waals surface area contributed by atoms with E-state index in [4.69, 9.17) is 9.47 Å². The molecule has 0 spiro atoms. The van der Waals surface area contributed by atoms with Crippen LogP contribution >= 0.6 is 0 Å². The molecular formula is C18H20N2O3. The van der Waals surface area contributed by atoms with E-state index in [-0.39, 0.29) is 12.4 Å². The predicted molar refractivity (Wildman–Crippen MR) is 86.3 cm³/mol. The van der Waals surface area contributed by atoms with Gasteiger partial charge in [0, 0.05) is 17.3 Å². The Kier molecular flexibility index (Phi) is 4.03. The van der Waals surface area contributed by atoms with Crippen molar-refractivity contribution >= 4 is 5.97 Å². The SMILES string of the molecule is CCOC(=O)CC1Oc2cc(C)c(C)cc2-c2nc(C)ncc21. The lowest BCUT2D eigenvalue weighted by Crippen LogP contribution is -2.20. The molecule has 1 aromatic carbocycles. The molecule has 0 saturated heterocycles. The van der Waals surface area contributed by atoms with Crippen molar-refractivity contribution in [1.82, 2.24) is 9.97 Å². The summed E-state index contributed by atoms with van der Waals surface area (Å²) in [4.78, 5) is 20.7. The number of fused-ring (bicyclic) bond motifs is 3. The predicted octanol–water partition coefficient (Wildman–Crippen LogP) is 3.46. The molecule has 2 aromatic rings. The summed E-state index contributed by atoms with van der Waals surface area (Å²) in [5.41, 5.74) is 4.95. The zero-order chi connectivity index (χ0) is 16.6. The first-order chi connectivity index (χ1) is 11.0. The molecule has 0 bridgehead atoms. The maximum atomic E-state index is 11.9. The van der Waals surface area contributed by atoms with Gasteiger partial charge >= 0.3 is 5.97 Å². The van der Waals surface area contributed by atoms with Crippen LogP contribution in [0.2, 0.25) is 0 Å². The molecule has 1 atom stereocenters. The van der Waals surface area contributed by atoms with E-state index in [2.05, 4.69) is 23.0 Å². The minimum Gasteiger partial charge on any atom is -0.484 e. The van der Waals surface area contributed by atoms with Crippen LogP contribution in [0.4, 0.5) is 0 Å². The van der Waals surface area contributed by atoms with Crippen molar-refractivity contribution in [3.63, 3.8) is 0 Å². The van der Waals surface area contributed by atoms with E-state index in [1.54, 1.807) is 13.1 Å². The summed E-state index contributed by atoms with van der Waals surface area (Å²) in [6, 6.07) is 4.08. The largest absolute Gasteiger partial charge is 0.484 e. The number of aromatic nitrogens is 2. The van der Waals surface area contributed by atoms with Crippen LogP contribution in [0.5, 0.6) is 5.75 Å². The van der Waals surface area contributed by atoms with Crippen LogP contribution in [0.25, 0.3) is 11.3 Å². The van der Waals surface area contributed by atoms with Gasteiger partial charge in [-0.3, -0.25) is 4.79 Å². The Labute approximate surface area is 135 Å². The molecule has 3 rings (SSSR count). The monoisotopic (exact) mass is 312 g/mol. The Balaban J connectivity index is 2.08. The van der Waals surface area contributed by atoms with Gasteiger partial charge in [0.1, 0.15) is 17.7 Å². The van der Waals surface area contributed by atoms with Crippen LogP contribution in [0.1, 0.15) is 42.0 Å². The normalized spacial score (nSPS) is 15.4. The average Bonchev–Trinajstić information content (AvgIpc) is 2.49. The molecule has 2 heterocycles. The molecule has 5 nitrogen and oxygen atoms in total. The van der Waals surface area contributed by atoms with Crippen molar-refractivity contribution in [2.75, 3.05) is 6.61 Å². The Morgan fingerprint density at radius 3 is 2.74 bits per heavy atom. The molecule has 0 amide bonds. The first-order valence-corrected chi connectivity index (χ1v) is 7.77. The van der Waals surface area contributed by atoms with Gasteiger partial charge in [0.2, 0.25) is 0 Å². The van der Waals surface area contributed by atoms with Gasteiger partial charge in [-0.25, -0.2) is 9.97 Å². The van der Waals surface area contributed by atoms with Crippen LogP contribution in [-0.2, 0) is 9.53 Å². The summed E-state index contributed by atoms with van der Waals surface area (Å²) < 4.78 is 11.1. The van der Waals surface area contributed by atoms with Gasteiger partial charge in [0.15, 0.2) is 0 Å². The van der Waals surface area contributed by atoms with Crippen molar-refractivity contribution in [2.45, 2.75) is 40.2 Å². The number of hydrogen-bond donors (Lipinski definition) is 0. The fraction of sp³-hybridized carbons (Fsp3) is 0.389. The quantitative estimate of drug-likeness (QED) is 0.812. The highest BCUT2D eigenvalue weighted by molar-refractivity contribution is 5.76. The molecular weight excluding hydrogens is 292 g/mol. The summed E-state index contributed by atoms with van der Waals surface area (Å²) in [5.74, 6) is 1.18. The maximum absolute atomic E-state index is 11.9. The molecule has 0 saturated carbocycles. The lowest BCUT2D eigenvalue weighted by atomic mass is 9.94. The van der Waals surface area contributed by atoms with Crippen molar-refractivity contribution in [3.8, 4) is 17.0 Å². The second-order valence-electron chi connectivity index (χ2n) is 5.77. The Bertz CT molecular complexity index is 771. The molecule has 0 N–H and O–H groups in total. The maximum Gasteiger partial charge on any atom is 0.309 e. The molecule has 0 aliphatic carbocycles. The van der Waals surface area contributed by atoms with Crippen molar-refractivity contribution in [2.24, 2.45) is 0 Å². The van der Waals surface area contributed by atoms with Gasteiger partial charge < -0.3 is 9.47 Å². The molecule has 1 aromatic heterocycles. The van der Waals surface area contributed by atoms with Crippen molar-refractivity contribution in [1.29, 1.82) is 0 Å². The molecule has 1 aliphatic rings. The fourth-order valence-electron chi connectivity index (χ4n) is 2.74. The highest BCUT2D eigenvalue weighted by Crippen LogP contribution is 2.43. The van der Waals surface area contributed by atoms with Crippen LogP contribution in [0.3, 0.4) is 0 Å². The number of esters is 1. The fourth-order valence-corrected chi connectivity index (χ4v) is 2.74. The summed E-state index contributed by atoms with van der Waals surface area (Å²) in [6.07, 6.45) is 1.48. The van der Waals surface area contributed by atoms with Gasteiger partial charge in [-0.2, -0.15) is 0 Å². The van der Waals surface area contributed by atoms with Gasteiger partial charge in [0.05, 0.1) is 18.7 Å². The minimum atomic E-state index is -0.417. The number of hydrogen-bond acceptors (Lipinski definition) is 5. The molecule has 23 heavy (non-hydrogen) atoms. The third kappa shape index (κ3) is 2.91. The second kappa shape index (κ2) is 5.99. The van der Waals surface area contributed by atoms with Crippen LogP contribution in [0, 0.1) is 20.8 Å². The standard InChI is InChI=1S/C18H20N2O3/c1-5-22-17(21)8-16-14-9-19-12(4)20-18(14)13-6-10(2)11(3)7-15(13)23-16/h6-7,9,16H,5,8H2,1-4H3. The van der Waals surface area contributed by atoms with E-state index >= 15 is 0 Å². The van der Waals surface area contributed by atoms with Gasteiger partial charge in [-0.05, 0) is 51.0 Å². The lowest BCUT2D eigenvalue weighted by molar-refractivity contribution is -0.145. The molecule has 0 radical (unpaired) electrons. The molecule has 0 fully saturated rings. The summed E-state index contributed by atoms with van der Waals surface area (Å²) in [7, 11) is 0. The van der Waals surface area contributed by atoms with Crippen molar-refractivity contribution < 1.29 is 14.3 Å². The molecule has 120 valence electrons. The average molecular weight is 312 g/mol. The van der Waals surface area contributed by atoms with E-state index in [1.807, 2.05) is 19.9 Å². The highest BCUT2D eigenvalue weighted by Gasteiger charge is 2.30. The van der Waals surface area contributed by atoms with E-state index in [1.165, 1.54) is 5.56 Å². The number of benzene rings is 1. The second-order valence-corrected chi connectivity index (χ2v) is 5.77. The van der Waals surface area contributed by atoms with Crippen molar-refractivity contribution in [3.05, 3.63) is 40.8 Å². The van der Waals surface area contributed by atoms with E-state index in [0.717, 1.165) is 28.1 Å². The minimum absolute atomic E-state index is 0.152. The number of aryl methyl sites for hydroxylation is 3. The number of rotatable bonds is 3. The molecule has 1 unspecified atom stereocenters. The summed E-state index contributed by atoms with van der Waals surface area (Å²) >= 11 is 0. The smallest absolute Gasteiger partial charge is 0.309 e. The zero-order valence-electron chi connectivity index (χ0n) is 13.8. The number of nitrogens with zero attached hydrogens (tertiary/aromatic N) is 2.